The van der Waals surface area contributed by atoms with Crippen LogP contribution >= 0.6 is 11.3 Å². The van der Waals surface area contributed by atoms with Crippen LogP contribution < -0.4 is 10.2 Å². The Morgan fingerprint density at radius 3 is 2.93 bits per heavy atom. The van der Waals surface area contributed by atoms with Gasteiger partial charge in [-0.3, -0.25) is 4.79 Å². The fraction of sp³-hybridized carbons (Fsp3) is 0.391. The lowest BCUT2D eigenvalue weighted by Crippen LogP contribution is -2.44. The number of piperidine rings is 1. The van der Waals surface area contributed by atoms with Gasteiger partial charge in [0.1, 0.15) is 5.82 Å². The minimum atomic E-state index is -0.00145. The Labute approximate surface area is 170 Å². The molecule has 0 spiro atoms. The summed E-state index contributed by atoms with van der Waals surface area (Å²) in [4.78, 5) is 19.9. The average molecular weight is 394 g/mol. The van der Waals surface area contributed by atoms with E-state index in [1.54, 1.807) is 11.3 Å². The second-order valence-electron chi connectivity index (χ2n) is 7.83. The van der Waals surface area contributed by atoms with Crippen LogP contribution in [0.5, 0.6) is 0 Å². The molecule has 1 amide bonds. The standard InChI is InChI=1S/C23H27N3OS/c1-15-6-7-18(13-16(15)2)17(3)25-23(27)19-5-4-11-26(14-19)22-20-9-12-28-21(20)8-10-24-22/h6-10,12-13,17,19H,4-5,11,14H2,1-3H3,(H,25,27)/t17-,19-/m1/s1. The molecule has 3 heterocycles. The molecule has 1 N–H and O–H groups in total. The predicted octanol–water partition coefficient (Wildman–Crippen LogP) is 5.01. The van der Waals surface area contributed by atoms with Gasteiger partial charge >= 0.3 is 0 Å². The molecule has 3 aromatic rings. The lowest BCUT2D eigenvalue weighted by atomic mass is 9.95. The fourth-order valence-corrected chi connectivity index (χ4v) is 4.74. The van der Waals surface area contributed by atoms with Crippen LogP contribution in [-0.4, -0.2) is 24.0 Å². The highest BCUT2D eigenvalue weighted by molar-refractivity contribution is 7.17. The molecule has 1 aliphatic heterocycles. The third-order valence-corrected chi connectivity index (χ3v) is 6.72. The molecular formula is C23H27N3OS. The number of thiophene rings is 1. The molecule has 28 heavy (non-hydrogen) atoms. The first-order valence-corrected chi connectivity index (χ1v) is 10.9. The molecule has 1 saturated heterocycles. The first-order chi connectivity index (χ1) is 13.5. The number of fused-ring (bicyclic) bond motifs is 1. The van der Waals surface area contributed by atoms with Gasteiger partial charge in [0.25, 0.3) is 0 Å². The number of carbonyl (C=O) groups excluding carboxylic acids is 1. The van der Waals surface area contributed by atoms with Gasteiger partial charge in [0, 0.05) is 29.4 Å². The number of rotatable bonds is 4. The maximum absolute atomic E-state index is 13.0. The van der Waals surface area contributed by atoms with Crippen molar-refractivity contribution in [3.05, 3.63) is 58.6 Å². The summed E-state index contributed by atoms with van der Waals surface area (Å²) in [5.74, 6) is 1.16. The highest BCUT2D eigenvalue weighted by Crippen LogP contribution is 2.31. The van der Waals surface area contributed by atoms with E-state index in [9.17, 15) is 4.79 Å². The zero-order valence-corrected chi connectivity index (χ0v) is 17.6. The first-order valence-electron chi connectivity index (χ1n) is 9.97. The number of carbonyl (C=O) groups is 1. The first kappa shape index (κ1) is 18.9. The molecule has 2 atom stereocenters. The Morgan fingerprint density at radius 1 is 1.25 bits per heavy atom. The number of amides is 1. The van der Waals surface area contributed by atoms with E-state index in [0.717, 1.165) is 37.3 Å². The number of aromatic nitrogens is 1. The quantitative estimate of drug-likeness (QED) is 0.678. The van der Waals surface area contributed by atoms with E-state index >= 15 is 0 Å². The Balaban J connectivity index is 1.46. The summed E-state index contributed by atoms with van der Waals surface area (Å²) < 4.78 is 1.25. The highest BCUT2D eigenvalue weighted by Gasteiger charge is 2.28. The van der Waals surface area contributed by atoms with E-state index < -0.39 is 0 Å². The monoisotopic (exact) mass is 393 g/mol. The molecule has 5 heteroatoms. The average Bonchev–Trinajstić information content (AvgIpc) is 3.19. The smallest absolute Gasteiger partial charge is 0.225 e. The SMILES string of the molecule is Cc1ccc([C@@H](C)NC(=O)[C@@H]2CCCN(c3nccc4sccc34)C2)cc1C. The van der Waals surface area contributed by atoms with Crippen molar-refractivity contribution in [2.75, 3.05) is 18.0 Å². The lowest BCUT2D eigenvalue weighted by molar-refractivity contribution is -0.125. The Hall–Kier alpha value is -2.40. The number of nitrogens with one attached hydrogen (secondary N) is 1. The van der Waals surface area contributed by atoms with Gasteiger partial charge in [-0.15, -0.1) is 11.3 Å². The second kappa shape index (κ2) is 7.92. The third kappa shape index (κ3) is 3.76. The number of hydrogen-bond acceptors (Lipinski definition) is 4. The van der Waals surface area contributed by atoms with Crippen LogP contribution in [0.25, 0.3) is 10.1 Å². The molecule has 1 aliphatic rings. The largest absolute Gasteiger partial charge is 0.355 e. The minimum Gasteiger partial charge on any atom is -0.355 e. The summed E-state index contributed by atoms with van der Waals surface area (Å²) in [5, 5.41) is 6.53. The Kier molecular flexibility index (Phi) is 5.36. The molecule has 1 fully saturated rings. The Morgan fingerprint density at radius 2 is 2.11 bits per heavy atom. The summed E-state index contributed by atoms with van der Waals surface area (Å²) >= 11 is 1.73. The van der Waals surface area contributed by atoms with E-state index in [1.165, 1.54) is 21.2 Å². The summed E-state index contributed by atoms with van der Waals surface area (Å²) in [6.45, 7) is 7.98. The summed E-state index contributed by atoms with van der Waals surface area (Å²) in [6.07, 6.45) is 3.82. The van der Waals surface area contributed by atoms with Crippen molar-refractivity contribution in [3.63, 3.8) is 0 Å². The molecule has 0 radical (unpaired) electrons. The van der Waals surface area contributed by atoms with Gasteiger partial charge in [0.2, 0.25) is 5.91 Å². The molecule has 146 valence electrons. The van der Waals surface area contributed by atoms with Crippen molar-refractivity contribution in [2.45, 2.75) is 39.7 Å². The van der Waals surface area contributed by atoms with Gasteiger partial charge in [-0.2, -0.15) is 0 Å². The van der Waals surface area contributed by atoms with Gasteiger partial charge in [-0.25, -0.2) is 4.98 Å². The van der Waals surface area contributed by atoms with E-state index in [0.29, 0.717) is 0 Å². The highest BCUT2D eigenvalue weighted by atomic mass is 32.1. The molecule has 4 nitrogen and oxygen atoms in total. The van der Waals surface area contributed by atoms with Crippen LogP contribution in [0.3, 0.4) is 0 Å². The maximum Gasteiger partial charge on any atom is 0.225 e. The second-order valence-corrected chi connectivity index (χ2v) is 8.77. The topological polar surface area (TPSA) is 45.2 Å². The normalized spacial score (nSPS) is 18.2. The van der Waals surface area contributed by atoms with Crippen LogP contribution in [0.4, 0.5) is 5.82 Å². The number of hydrogen-bond donors (Lipinski definition) is 1. The van der Waals surface area contributed by atoms with E-state index in [1.807, 2.05) is 6.20 Å². The lowest BCUT2D eigenvalue weighted by Gasteiger charge is -2.33. The molecule has 4 rings (SSSR count). The molecule has 0 unspecified atom stereocenters. The summed E-state index contributed by atoms with van der Waals surface area (Å²) in [7, 11) is 0. The van der Waals surface area contributed by atoms with Crippen LogP contribution in [0.2, 0.25) is 0 Å². The number of pyridine rings is 1. The van der Waals surface area contributed by atoms with Crippen molar-refractivity contribution in [2.24, 2.45) is 5.92 Å². The van der Waals surface area contributed by atoms with E-state index in [2.05, 4.69) is 71.7 Å². The van der Waals surface area contributed by atoms with Crippen LogP contribution in [0, 0.1) is 19.8 Å². The van der Waals surface area contributed by atoms with Gasteiger partial charge in [-0.05, 0) is 67.8 Å². The van der Waals surface area contributed by atoms with Crippen LogP contribution in [0.1, 0.15) is 42.5 Å². The van der Waals surface area contributed by atoms with Gasteiger partial charge < -0.3 is 10.2 Å². The molecular weight excluding hydrogens is 366 g/mol. The summed E-state index contributed by atoms with van der Waals surface area (Å²) in [5.41, 5.74) is 3.70. The molecule has 0 saturated carbocycles. The number of anilines is 1. The Bertz CT molecular complexity index is 996. The molecule has 1 aromatic carbocycles. The molecule has 0 bridgehead atoms. The minimum absolute atomic E-state index is 0.00145. The van der Waals surface area contributed by atoms with Crippen molar-refractivity contribution in [1.29, 1.82) is 0 Å². The maximum atomic E-state index is 13.0. The third-order valence-electron chi connectivity index (χ3n) is 5.84. The van der Waals surface area contributed by atoms with Crippen molar-refractivity contribution < 1.29 is 4.79 Å². The number of aryl methyl sites for hydroxylation is 2. The zero-order chi connectivity index (χ0) is 19.7. The van der Waals surface area contributed by atoms with E-state index in [4.69, 9.17) is 0 Å². The number of nitrogens with zero attached hydrogens (tertiary/aromatic N) is 2. The van der Waals surface area contributed by atoms with Gasteiger partial charge in [0.15, 0.2) is 0 Å². The zero-order valence-electron chi connectivity index (χ0n) is 16.7. The predicted molar refractivity (Wildman–Crippen MR) is 117 cm³/mol. The molecule has 0 aliphatic carbocycles. The summed E-state index contributed by atoms with van der Waals surface area (Å²) in [6, 6.07) is 10.6. The molecule has 2 aromatic heterocycles. The van der Waals surface area contributed by atoms with Gasteiger partial charge in [0.05, 0.1) is 12.0 Å². The van der Waals surface area contributed by atoms with Crippen molar-refractivity contribution in [3.8, 4) is 0 Å². The van der Waals surface area contributed by atoms with Crippen LogP contribution in [0.15, 0.2) is 41.9 Å². The fourth-order valence-electron chi connectivity index (χ4n) is 3.96. The van der Waals surface area contributed by atoms with E-state index in [-0.39, 0.29) is 17.9 Å². The van der Waals surface area contributed by atoms with Crippen molar-refractivity contribution >= 4 is 33.1 Å². The van der Waals surface area contributed by atoms with Crippen LogP contribution in [-0.2, 0) is 4.79 Å². The van der Waals surface area contributed by atoms with Gasteiger partial charge in [-0.1, -0.05) is 18.2 Å². The van der Waals surface area contributed by atoms with Crippen molar-refractivity contribution in [1.82, 2.24) is 10.3 Å². The number of benzene rings is 1.